The van der Waals surface area contributed by atoms with Crippen molar-refractivity contribution in [1.82, 2.24) is 10.0 Å². The van der Waals surface area contributed by atoms with Crippen molar-refractivity contribution in [2.75, 3.05) is 39.4 Å². The van der Waals surface area contributed by atoms with E-state index in [4.69, 9.17) is 9.47 Å². The summed E-state index contributed by atoms with van der Waals surface area (Å²) in [5, 5.41) is 4.90. The number of benzene rings is 2. The molecule has 0 radical (unpaired) electrons. The fourth-order valence-corrected chi connectivity index (χ4v) is 3.04. The van der Waals surface area contributed by atoms with Gasteiger partial charge in [-0.15, -0.1) is 0 Å². The molecule has 0 aliphatic heterocycles. The maximum Gasteiger partial charge on any atom is 0.119 e. The average Bonchev–Trinajstić information content (AvgIpc) is 2.71. The van der Waals surface area contributed by atoms with Crippen molar-refractivity contribution in [1.29, 1.82) is 0 Å². The fraction of sp³-hybridized carbons (Fsp3) is 0.478. The molecule has 0 unspecified atom stereocenters. The van der Waals surface area contributed by atoms with Crippen LogP contribution in [0.3, 0.4) is 0 Å². The number of rotatable bonds is 14. The van der Waals surface area contributed by atoms with E-state index in [-0.39, 0.29) is 0 Å². The first-order chi connectivity index (χ1) is 13.3. The van der Waals surface area contributed by atoms with Crippen molar-refractivity contribution in [3.8, 4) is 11.5 Å². The molecule has 0 N–H and O–H groups in total. The topological polar surface area (TPSA) is 24.9 Å². The molecule has 0 aromatic heterocycles. The van der Waals surface area contributed by atoms with Gasteiger partial charge in [-0.25, -0.2) is 10.0 Å². The van der Waals surface area contributed by atoms with E-state index in [9.17, 15) is 0 Å². The molecule has 0 saturated carbocycles. The normalized spacial score (nSPS) is 11.1. The maximum atomic E-state index is 5.90. The van der Waals surface area contributed by atoms with E-state index in [1.165, 1.54) is 0 Å². The molecule has 0 amide bonds. The quantitative estimate of drug-likeness (QED) is 0.350. The van der Waals surface area contributed by atoms with Crippen molar-refractivity contribution in [3.63, 3.8) is 0 Å². The molecule has 0 saturated heterocycles. The molecule has 0 heterocycles. The minimum absolute atomic E-state index is 0.699. The largest absolute Gasteiger partial charge is 0.494 e. The molecule has 148 valence electrons. The Morgan fingerprint density at radius 2 is 1.07 bits per heavy atom. The summed E-state index contributed by atoms with van der Waals surface area (Å²) in [7, 11) is 0. The van der Waals surface area contributed by atoms with Crippen molar-refractivity contribution in [3.05, 3.63) is 60.7 Å². The minimum Gasteiger partial charge on any atom is -0.494 e. The van der Waals surface area contributed by atoms with Crippen LogP contribution in [0.5, 0.6) is 11.5 Å². The average molecular weight is 371 g/mol. The molecule has 0 atom stereocenters. The number of ether oxygens (including phenoxy) is 2. The van der Waals surface area contributed by atoms with Gasteiger partial charge >= 0.3 is 0 Å². The van der Waals surface area contributed by atoms with E-state index in [1.807, 2.05) is 60.7 Å². The predicted octanol–water partition coefficient (Wildman–Crippen LogP) is 4.87. The van der Waals surface area contributed by atoms with Gasteiger partial charge in [-0.2, -0.15) is 0 Å². The summed E-state index contributed by atoms with van der Waals surface area (Å²) < 4.78 is 11.7. The van der Waals surface area contributed by atoms with Gasteiger partial charge in [0, 0.05) is 26.2 Å². The Labute approximate surface area is 164 Å². The number of hydrogen-bond donors (Lipinski definition) is 0. The molecule has 2 rings (SSSR count). The summed E-state index contributed by atoms with van der Waals surface area (Å²) in [6.45, 7) is 9.93. The predicted molar refractivity (Wildman–Crippen MR) is 112 cm³/mol. The first-order valence-electron chi connectivity index (χ1n) is 10.2. The van der Waals surface area contributed by atoms with E-state index in [2.05, 4.69) is 23.9 Å². The number of para-hydroxylation sites is 2. The zero-order chi connectivity index (χ0) is 19.2. The molecule has 0 spiro atoms. The maximum absolute atomic E-state index is 5.90. The third-order valence-corrected chi connectivity index (χ3v) is 4.30. The van der Waals surface area contributed by atoms with Crippen LogP contribution in [0.1, 0.15) is 33.1 Å². The highest BCUT2D eigenvalue weighted by Crippen LogP contribution is 2.11. The molecule has 2 aromatic carbocycles. The van der Waals surface area contributed by atoms with Crippen LogP contribution in [0.4, 0.5) is 0 Å². The Morgan fingerprint density at radius 3 is 1.59 bits per heavy atom. The first kappa shape index (κ1) is 21.3. The Kier molecular flexibility index (Phi) is 10.4. The minimum atomic E-state index is 0.699. The molecule has 27 heavy (non-hydrogen) atoms. The van der Waals surface area contributed by atoms with Crippen LogP contribution in [0, 0.1) is 0 Å². The van der Waals surface area contributed by atoms with Crippen molar-refractivity contribution in [2.45, 2.75) is 33.1 Å². The Hall–Kier alpha value is -2.04. The van der Waals surface area contributed by atoms with E-state index < -0.39 is 0 Å². The highest BCUT2D eigenvalue weighted by Gasteiger charge is 2.14. The van der Waals surface area contributed by atoms with Crippen LogP contribution >= 0.6 is 0 Å². The summed E-state index contributed by atoms with van der Waals surface area (Å²) in [4.78, 5) is 0. The monoisotopic (exact) mass is 370 g/mol. The lowest BCUT2D eigenvalue weighted by atomic mass is 10.3. The van der Waals surface area contributed by atoms with Crippen LogP contribution in [0.2, 0.25) is 0 Å². The second-order valence-corrected chi connectivity index (χ2v) is 6.58. The number of hydrazine groups is 1. The molecule has 4 nitrogen and oxygen atoms in total. The third kappa shape index (κ3) is 8.46. The van der Waals surface area contributed by atoms with Crippen LogP contribution in [0.15, 0.2) is 60.7 Å². The summed E-state index contributed by atoms with van der Waals surface area (Å²) in [5.74, 6) is 1.88. The second-order valence-electron chi connectivity index (χ2n) is 6.58. The van der Waals surface area contributed by atoms with Crippen LogP contribution in [0.25, 0.3) is 0 Å². The van der Waals surface area contributed by atoms with Gasteiger partial charge in [0.25, 0.3) is 0 Å². The molecule has 0 fully saturated rings. The molecule has 2 aromatic rings. The van der Waals surface area contributed by atoms with Gasteiger partial charge in [-0.1, -0.05) is 50.2 Å². The summed E-state index contributed by atoms with van der Waals surface area (Å²) in [6.07, 6.45) is 3.28. The summed E-state index contributed by atoms with van der Waals surface area (Å²) in [5.41, 5.74) is 0. The molecule has 0 bridgehead atoms. The van der Waals surface area contributed by atoms with Crippen LogP contribution in [-0.4, -0.2) is 49.4 Å². The smallest absolute Gasteiger partial charge is 0.119 e. The zero-order valence-corrected chi connectivity index (χ0v) is 16.8. The molecule has 0 aliphatic carbocycles. The Morgan fingerprint density at radius 1 is 0.593 bits per heavy atom. The highest BCUT2D eigenvalue weighted by atomic mass is 16.5. The number of hydrogen-bond acceptors (Lipinski definition) is 4. The zero-order valence-electron chi connectivity index (χ0n) is 16.8. The number of nitrogens with zero attached hydrogens (tertiary/aromatic N) is 2. The standard InChI is InChI=1S/C23H34N2O2/c1-3-16-24(18-11-20-26-22-12-7-5-8-13-22)25(17-4-2)19-21-27-23-14-9-6-10-15-23/h5-10,12-15H,3-4,11,16-21H2,1-2H3. The summed E-state index contributed by atoms with van der Waals surface area (Å²) in [6, 6.07) is 20.1. The van der Waals surface area contributed by atoms with E-state index in [1.54, 1.807) is 0 Å². The Balaban J connectivity index is 1.77. The highest BCUT2D eigenvalue weighted by molar-refractivity contribution is 5.21. The lowest BCUT2D eigenvalue weighted by Crippen LogP contribution is -2.46. The fourth-order valence-electron chi connectivity index (χ4n) is 3.04. The second kappa shape index (κ2) is 13.2. The van der Waals surface area contributed by atoms with Crippen LogP contribution < -0.4 is 9.47 Å². The molecular weight excluding hydrogens is 336 g/mol. The Bertz CT molecular complexity index is 592. The summed E-state index contributed by atoms with van der Waals surface area (Å²) >= 11 is 0. The van der Waals surface area contributed by atoms with Gasteiger partial charge in [0.2, 0.25) is 0 Å². The first-order valence-corrected chi connectivity index (χ1v) is 10.2. The molecular formula is C23H34N2O2. The van der Waals surface area contributed by atoms with Gasteiger partial charge in [0.15, 0.2) is 0 Å². The van der Waals surface area contributed by atoms with Crippen molar-refractivity contribution >= 4 is 0 Å². The molecule has 4 heteroatoms. The SMILES string of the molecule is CCCN(CCCOc1ccccc1)N(CCC)CCOc1ccccc1. The van der Waals surface area contributed by atoms with E-state index in [0.29, 0.717) is 6.61 Å². The van der Waals surface area contributed by atoms with Gasteiger partial charge in [-0.3, -0.25) is 0 Å². The van der Waals surface area contributed by atoms with Gasteiger partial charge in [0.05, 0.1) is 6.61 Å². The lowest BCUT2D eigenvalue weighted by molar-refractivity contribution is -0.0360. The van der Waals surface area contributed by atoms with Crippen molar-refractivity contribution in [2.24, 2.45) is 0 Å². The van der Waals surface area contributed by atoms with Crippen molar-refractivity contribution < 1.29 is 9.47 Å². The molecule has 0 aliphatic rings. The van der Waals surface area contributed by atoms with Gasteiger partial charge in [0.1, 0.15) is 18.1 Å². The van der Waals surface area contributed by atoms with E-state index in [0.717, 1.165) is 63.5 Å². The van der Waals surface area contributed by atoms with Gasteiger partial charge < -0.3 is 9.47 Å². The van der Waals surface area contributed by atoms with Gasteiger partial charge in [-0.05, 0) is 43.5 Å². The van der Waals surface area contributed by atoms with E-state index >= 15 is 0 Å². The lowest BCUT2D eigenvalue weighted by Gasteiger charge is -2.35. The third-order valence-electron chi connectivity index (χ3n) is 4.30. The van der Waals surface area contributed by atoms with Crippen LogP contribution in [-0.2, 0) is 0 Å².